The van der Waals surface area contributed by atoms with Gasteiger partial charge < -0.3 is 9.30 Å². The van der Waals surface area contributed by atoms with Crippen LogP contribution in [-0.4, -0.2) is 17.6 Å². The molecule has 0 saturated carbocycles. The Morgan fingerprint density at radius 1 is 1.10 bits per heavy atom. The second kappa shape index (κ2) is 5.01. The highest BCUT2D eigenvalue weighted by molar-refractivity contribution is 5.95. The SMILES string of the molecule is COC(=O)c1ccc2c(F)cn(-c3ccc(F)cc3)c2c1. The predicted octanol–water partition coefficient (Wildman–Crippen LogP) is 3.70. The Morgan fingerprint density at radius 3 is 2.48 bits per heavy atom. The Morgan fingerprint density at radius 2 is 1.81 bits per heavy atom. The summed E-state index contributed by atoms with van der Waals surface area (Å²) in [6.07, 6.45) is 1.30. The van der Waals surface area contributed by atoms with E-state index in [2.05, 4.69) is 4.74 Å². The van der Waals surface area contributed by atoms with Gasteiger partial charge in [-0.15, -0.1) is 0 Å². The fraction of sp³-hybridized carbons (Fsp3) is 0.0625. The zero-order valence-electron chi connectivity index (χ0n) is 11.1. The van der Waals surface area contributed by atoms with E-state index >= 15 is 0 Å². The third-order valence-electron chi connectivity index (χ3n) is 3.28. The van der Waals surface area contributed by atoms with E-state index in [1.54, 1.807) is 22.8 Å². The van der Waals surface area contributed by atoms with Crippen molar-refractivity contribution in [2.24, 2.45) is 0 Å². The summed E-state index contributed by atoms with van der Waals surface area (Å²) in [6.45, 7) is 0. The summed E-state index contributed by atoms with van der Waals surface area (Å²) in [7, 11) is 1.28. The lowest BCUT2D eigenvalue weighted by molar-refractivity contribution is 0.0601. The first-order chi connectivity index (χ1) is 10.1. The molecular formula is C16H11F2NO2. The maximum absolute atomic E-state index is 14.0. The van der Waals surface area contributed by atoms with Gasteiger partial charge in [-0.1, -0.05) is 0 Å². The number of carbonyl (C=O) groups excluding carboxylic acids is 1. The van der Waals surface area contributed by atoms with Gasteiger partial charge in [-0.05, 0) is 42.5 Å². The predicted molar refractivity (Wildman–Crippen MR) is 74.5 cm³/mol. The van der Waals surface area contributed by atoms with Gasteiger partial charge in [0.2, 0.25) is 0 Å². The fourth-order valence-corrected chi connectivity index (χ4v) is 2.25. The van der Waals surface area contributed by atoms with Crippen molar-refractivity contribution in [2.75, 3.05) is 7.11 Å². The monoisotopic (exact) mass is 287 g/mol. The molecule has 0 aliphatic rings. The van der Waals surface area contributed by atoms with Crippen LogP contribution >= 0.6 is 0 Å². The van der Waals surface area contributed by atoms with Crippen LogP contribution in [0.4, 0.5) is 8.78 Å². The zero-order chi connectivity index (χ0) is 15.0. The lowest BCUT2D eigenvalue weighted by atomic mass is 10.1. The molecule has 3 nitrogen and oxygen atoms in total. The van der Waals surface area contributed by atoms with Gasteiger partial charge >= 0.3 is 5.97 Å². The Labute approximate surface area is 119 Å². The van der Waals surface area contributed by atoms with Crippen LogP contribution in [0, 0.1) is 11.6 Å². The van der Waals surface area contributed by atoms with Crippen molar-refractivity contribution in [3.05, 3.63) is 65.9 Å². The summed E-state index contributed by atoms with van der Waals surface area (Å²) in [5.74, 6) is -1.28. The molecule has 106 valence electrons. The Bertz CT molecular complexity index is 822. The van der Waals surface area contributed by atoms with E-state index in [0.717, 1.165) is 0 Å². The molecule has 0 bridgehead atoms. The van der Waals surface area contributed by atoms with E-state index in [1.807, 2.05) is 0 Å². The van der Waals surface area contributed by atoms with Crippen LogP contribution < -0.4 is 0 Å². The second-order valence-electron chi connectivity index (χ2n) is 4.55. The van der Waals surface area contributed by atoms with Crippen molar-refractivity contribution in [3.63, 3.8) is 0 Å². The van der Waals surface area contributed by atoms with E-state index < -0.39 is 11.8 Å². The van der Waals surface area contributed by atoms with Crippen molar-refractivity contribution in [1.82, 2.24) is 4.57 Å². The largest absolute Gasteiger partial charge is 0.465 e. The minimum atomic E-state index is -0.496. The zero-order valence-corrected chi connectivity index (χ0v) is 11.1. The van der Waals surface area contributed by atoms with Crippen LogP contribution in [0.25, 0.3) is 16.6 Å². The number of hydrogen-bond donors (Lipinski definition) is 0. The number of rotatable bonds is 2. The number of methoxy groups -OCH3 is 1. The van der Waals surface area contributed by atoms with Gasteiger partial charge in [0.1, 0.15) is 11.6 Å². The molecule has 1 aromatic heterocycles. The van der Waals surface area contributed by atoms with Crippen molar-refractivity contribution in [2.45, 2.75) is 0 Å². The maximum Gasteiger partial charge on any atom is 0.337 e. The first-order valence-electron chi connectivity index (χ1n) is 6.25. The molecule has 0 aliphatic heterocycles. The molecule has 0 radical (unpaired) electrons. The number of halogens is 2. The van der Waals surface area contributed by atoms with E-state index in [0.29, 0.717) is 22.2 Å². The number of aromatic nitrogens is 1. The van der Waals surface area contributed by atoms with Crippen LogP contribution in [0.15, 0.2) is 48.7 Å². The average Bonchev–Trinajstić information content (AvgIpc) is 2.84. The van der Waals surface area contributed by atoms with Crippen molar-refractivity contribution < 1.29 is 18.3 Å². The molecule has 0 aliphatic carbocycles. The minimum absolute atomic E-state index is 0.325. The summed E-state index contributed by atoms with van der Waals surface area (Å²) >= 11 is 0. The van der Waals surface area contributed by atoms with E-state index in [1.165, 1.54) is 37.6 Å². The van der Waals surface area contributed by atoms with Gasteiger partial charge in [-0.2, -0.15) is 0 Å². The quantitative estimate of drug-likeness (QED) is 0.673. The Balaban J connectivity index is 2.22. The van der Waals surface area contributed by atoms with E-state index in [-0.39, 0.29) is 5.82 Å². The van der Waals surface area contributed by atoms with Crippen LogP contribution in [0.3, 0.4) is 0 Å². The first-order valence-corrected chi connectivity index (χ1v) is 6.25. The lowest BCUT2D eigenvalue weighted by Crippen LogP contribution is -2.01. The average molecular weight is 287 g/mol. The third kappa shape index (κ3) is 2.27. The summed E-state index contributed by atoms with van der Waals surface area (Å²) in [4.78, 5) is 11.6. The molecule has 0 N–H and O–H groups in total. The molecule has 3 rings (SSSR count). The topological polar surface area (TPSA) is 31.2 Å². The summed E-state index contributed by atoms with van der Waals surface area (Å²) in [6, 6.07) is 10.3. The number of hydrogen-bond acceptors (Lipinski definition) is 2. The maximum atomic E-state index is 14.0. The van der Waals surface area contributed by atoms with E-state index in [4.69, 9.17) is 0 Å². The van der Waals surface area contributed by atoms with Gasteiger partial charge in [-0.3, -0.25) is 0 Å². The normalized spacial score (nSPS) is 10.8. The number of carbonyl (C=O) groups is 1. The molecule has 1 heterocycles. The van der Waals surface area contributed by atoms with Crippen molar-refractivity contribution in [1.29, 1.82) is 0 Å². The van der Waals surface area contributed by atoms with Crippen LogP contribution in [0.2, 0.25) is 0 Å². The fourth-order valence-electron chi connectivity index (χ4n) is 2.25. The molecule has 5 heteroatoms. The van der Waals surface area contributed by atoms with Crippen LogP contribution in [0.1, 0.15) is 10.4 Å². The molecule has 21 heavy (non-hydrogen) atoms. The number of benzene rings is 2. The molecule has 0 atom stereocenters. The second-order valence-corrected chi connectivity index (χ2v) is 4.55. The summed E-state index contributed by atoms with van der Waals surface area (Å²) < 4.78 is 33.2. The summed E-state index contributed by atoms with van der Waals surface area (Å²) in [5.41, 5.74) is 1.45. The van der Waals surface area contributed by atoms with E-state index in [9.17, 15) is 13.6 Å². The highest BCUT2D eigenvalue weighted by Gasteiger charge is 2.13. The molecule has 0 unspecified atom stereocenters. The van der Waals surface area contributed by atoms with Crippen LogP contribution in [0.5, 0.6) is 0 Å². The Hall–Kier alpha value is -2.69. The number of fused-ring (bicyclic) bond motifs is 1. The highest BCUT2D eigenvalue weighted by atomic mass is 19.1. The summed E-state index contributed by atoms with van der Waals surface area (Å²) in [5, 5.41) is 0.381. The van der Waals surface area contributed by atoms with Crippen molar-refractivity contribution in [3.8, 4) is 5.69 Å². The number of nitrogens with zero attached hydrogens (tertiary/aromatic N) is 1. The molecule has 2 aromatic carbocycles. The smallest absolute Gasteiger partial charge is 0.337 e. The van der Waals surface area contributed by atoms with Crippen LogP contribution in [-0.2, 0) is 4.74 Å². The minimum Gasteiger partial charge on any atom is -0.465 e. The number of ether oxygens (including phenoxy) is 1. The highest BCUT2D eigenvalue weighted by Crippen LogP contribution is 2.25. The standard InChI is InChI=1S/C16H11F2NO2/c1-21-16(20)10-2-7-13-14(18)9-19(15(13)8-10)12-5-3-11(17)4-6-12/h2-9H,1H3. The van der Waals surface area contributed by atoms with Gasteiger partial charge in [-0.25, -0.2) is 13.6 Å². The molecule has 0 amide bonds. The van der Waals surface area contributed by atoms with Gasteiger partial charge in [0, 0.05) is 17.3 Å². The van der Waals surface area contributed by atoms with Crippen molar-refractivity contribution >= 4 is 16.9 Å². The molecule has 0 saturated heterocycles. The van der Waals surface area contributed by atoms with Gasteiger partial charge in [0.15, 0.2) is 0 Å². The first kappa shape index (κ1) is 13.3. The van der Waals surface area contributed by atoms with Gasteiger partial charge in [0.25, 0.3) is 0 Å². The molecule has 3 aromatic rings. The molecule has 0 spiro atoms. The lowest BCUT2D eigenvalue weighted by Gasteiger charge is -2.06. The number of esters is 1. The third-order valence-corrected chi connectivity index (χ3v) is 3.28. The van der Waals surface area contributed by atoms with Gasteiger partial charge in [0.05, 0.1) is 18.2 Å². The molecular weight excluding hydrogens is 276 g/mol. The Kier molecular flexibility index (Phi) is 3.17. The molecule has 0 fully saturated rings.